The van der Waals surface area contributed by atoms with E-state index in [4.69, 9.17) is 16.1 Å². The minimum atomic E-state index is 0.0316. The fourth-order valence-corrected chi connectivity index (χ4v) is 3.65. The fourth-order valence-electron chi connectivity index (χ4n) is 3.52. The Bertz CT molecular complexity index is 1190. The van der Waals surface area contributed by atoms with Crippen molar-refractivity contribution in [2.24, 2.45) is 0 Å². The molecule has 2 heterocycles. The highest BCUT2D eigenvalue weighted by atomic mass is 35.5. The van der Waals surface area contributed by atoms with E-state index < -0.39 is 0 Å². The Balaban J connectivity index is 1.15. The number of hydrogen-bond donors (Lipinski definition) is 1. The molecule has 2 aromatic heterocycles. The quantitative estimate of drug-likeness (QED) is 0.336. The summed E-state index contributed by atoms with van der Waals surface area (Å²) < 4.78 is 7.19. The standard InChI is InChI=1S/C25H26ClN5O2/c1-18-20(17-31(29-18)22-8-3-2-4-9-22)7-6-16-27-23(32)10-5-11-24-28-25(30-33-24)19-12-14-21(26)15-13-19/h2-4,8-9,12-15,17H,5-7,10-11,16H2,1H3,(H,27,32). The van der Waals surface area contributed by atoms with Crippen molar-refractivity contribution in [1.82, 2.24) is 25.2 Å². The van der Waals surface area contributed by atoms with Crippen molar-refractivity contribution in [3.63, 3.8) is 0 Å². The van der Waals surface area contributed by atoms with Gasteiger partial charge in [-0.25, -0.2) is 4.68 Å². The van der Waals surface area contributed by atoms with E-state index in [1.807, 2.05) is 54.1 Å². The van der Waals surface area contributed by atoms with E-state index in [0.29, 0.717) is 42.5 Å². The molecule has 0 atom stereocenters. The van der Waals surface area contributed by atoms with Gasteiger partial charge in [-0.15, -0.1) is 0 Å². The Morgan fingerprint density at radius 1 is 1.06 bits per heavy atom. The second-order valence-electron chi connectivity index (χ2n) is 7.85. The van der Waals surface area contributed by atoms with Gasteiger partial charge in [-0.05, 0) is 68.1 Å². The highest BCUT2D eigenvalue weighted by Gasteiger charge is 2.10. The molecule has 0 unspecified atom stereocenters. The smallest absolute Gasteiger partial charge is 0.226 e. The highest BCUT2D eigenvalue weighted by Crippen LogP contribution is 2.19. The molecule has 1 amide bonds. The van der Waals surface area contributed by atoms with Crippen LogP contribution in [0.5, 0.6) is 0 Å². The van der Waals surface area contributed by atoms with E-state index in [9.17, 15) is 4.79 Å². The zero-order valence-electron chi connectivity index (χ0n) is 18.5. The molecule has 2 aromatic carbocycles. The fraction of sp³-hybridized carbons (Fsp3) is 0.280. The molecule has 0 fully saturated rings. The van der Waals surface area contributed by atoms with Gasteiger partial charge >= 0.3 is 0 Å². The first-order valence-corrected chi connectivity index (χ1v) is 11.4. The van der Waals surface area contributed by atoms with Crippen LogP contribution in [0.2, 0.25) is 5.02 Å². The predicted octanol–water partition coefficient (Wildman–Crippen LogP) is 4.96. The van der Waals surface area contributed by atoms with Gasteiger partial charge in [0.05, 0.1) is 11.4 Å². The number of nitrogens with zero attached hydrogens (tertiary/aromatic N) is 4. The molecule has 1 N–H and O–H groups in total. The summed E-state index contributed by atoms with van der Waals surface area (Å²) in [6.45, 7) is 2.65. The number of carbonyl (C=O) groups excluding carboxylic acids is 1. The summed E-state index contributed by atoms with van der Waals surface area (Å²) in [4.78, 5) is 16.5. The second-order valence-corrected chi connectivity index (χ2v) is 8.28. The number of para-hydroxylation sites is 1. The highest BCUT2D eigenvalue weighted by molar-refractivity contribution is 6.30. The van der Waals surface area contributed by atoms with Crippen LogP contribution in [0.25, 0.3) is 17.1 Å². The molecule has 0 aliphatic rings. The molecule has 33 heavy (non-hydrogen) atoms. The lowest BCUT2D eigenvalue weighted by Crippen LogP contribution is -2.24. The van der Waals surface area contributed by atoms with Crippen LogP contribution >= 0.6 is 11.6 Å². The lowest BCUT2D eigenvalue weighted by molar-refractivity contribution is -0.121. The number of nitrogens with one attached hydrogen (secondary N) is 1. The van der Waals surface area contributed by atoms with Crippen molar-refractivity contribution in [2.45, 2.75) is 39.0 Å². The molecule has 0 bridgehead atoms. The minimum Gasteiger partial charge on any atom is -0.356 e. The zero-order chi connectivity index (χ0) is 23.0. The maximum absolute atomic E-state index is 12.2. The SMILES string of the molecule is Cc1nn(-c2ccccc2)cc1CCCNC(=O)CCCc1nc(-c2ccc(Cl)cc2)no1. The van der Waals surface area contributed by atoms with Crippen molar-refractivity contribution in [2.75, 3.05) is 6.54 Å². The molecule has 0 aliphatic carbocycles. The summed E-state index contributed by atoms with van der Waals surface area (Å²) in [6.07, 6.45) is 5.43. The largest absolute Gasteiger partial charge is 0.356 e. The van der Waals surface area contributed by atoms with Gasteiger partial charge in [0.1, 0.15) is 0 Å². The first-order valence-electron chi connectivity index (χ1n) is 11.0. The molecule has 0 saturated heterocycles. The van der Waals surface area contributed by atoms with Gasteiger partial charge in [0, 0.05) is 36.2 Å². The van der Waals surface area contributed by atoms with Crippen LogP contribution in [0.3, 0.4) is 0 Å². The summed E-state index contributed by atoms with van der Waals surface area (Å²) in [6, 6.07) is 17.3. The molecule has 7 nitrogen and oxygen atoms in total. The molecular weight excluding hydrogens is 438 g/mol. The Morgan fingerprint density at radius 2 is 1.85 bits per heavy atom. The summed E-state index contributed by atoms with van der Waals surface area (Å²) in [5.41, 5.74) is 4.10. The molecule has 4 rings (SSSR count). The van der Waals surface area contributed by atoms with Crippen molar-refractivity contribution in [1.29, 1.82) is 0 Å². The number of hydrogen-bond acceptors (Lipinski definition) is 5. The average Bonchev–Trinajstić information content (AvgIpc) is 3.45. The average molecular weight is 464 g/mol. The van der Waals surface area contributed by atoms with E-state index in [1.165, 1.54) is 5.56 Å². The van der Waals surface area contributed by atoms with E-state index in [2.05, 4.69) is 26.8 Å². The lowest BCUT2D eigenvalue weighted by Gasteiger charge is -2.04. The van der Waals surface area contributed by atoms with Gasteiger partial charge in [-0.1, -0.05) is 35.0 Å². The summed E-state index contributed by atoms with van der Waals surface area (Å²) >= 11 is 5.90. The topological polar surface area (TPSA) is 85.8 Å². The number of carbonyl (C=O) groups is 1. The summed E-state index contributed by atoms with van der Waals surface area (Å²) in [5.74, 6) is 1.08. The van der Waals surface area contributed by atoms with Crippen LogP contribution < -0.4 is 5.32 Å². The molecule has 170 valence electrons. The Hall–Kier alpha value is -3.45. The molecular formula is C25H26ClN5O2. The number of aryl methyl sites for hydroxylation is 3. The number of amides is 1. The Kier molecular flexibility index (Phi) is 7.52. The minimum absolute atomic E-state index is 0.0316. The summed E-state index contributed by atoms with van der Waals surface area (Å²) in [7, 11) is 0. The van der Waals surface area contributed by atoms with Crippen LogP contribution in [0, 0.1) is 6.92 Å². The van der Waals surface area contributed by atoms with Crippen molar-refractivity contribution >= 4 is 17.5 Å². The van der Waals surface area contributed by atoms with Crippen molar-refractivity contribution < 1.29 is 9.32 Å². The Morgan fingerprint density at radius 3 is 2.64 bits per heavy atom. The third-order valence-corrected chi connectivity index (χ3v) is 5.58. The van der Waals surface area contributed by atoms with E-state index in [-0.39, 0.29) is 5.91 Å². The molecule has 0 spiro atoms. The molecule has 0 aliphatic heterocycles. The van der Waals surface area contributed by atoms with Crippen LogP contribution in [0.15, 0.2) is 65.3 Å². The molecule has 8 heteroatoms. The summed E-state index contributed by atoms with van der Waals surface area (Å²) in [5, 5.41) is 12.2. The van der Waals surface area contributed by atoms with Crippen LogP contribution in [0.4, 0.5) is 0 Å². The van der Waals surface area contributed by atoms with E-state index in [1.54, 1.807) is 12.1 Å². The molecule has 0 radical (unpaired) electrons. The van der Waals surface area contributed by atoms with E-state index >= 15 is 0 Å². The number of halogens is 1. The zero-order valence-corrected chi connectivity index (χ0v) is 19.3. The lowest BCUT2D eigenvalue weighted by atomic mass is 10.1. The monoisotopic (exact) mass is 463 g/mol. The second kappa shape index (κ2) is 10.9. The Labute approximate surface area is 197 Å². The van der Waals surface area contributed by atoms with Gasteiger partial charge in [-0.3, -0.25) is 4.79 Å². The maximum atomic E-state index is 12.2. The van der Waals surface area contributed by atoms with Gasteiger partial charge in [0.2, 0.25) is 17.6 Å². The van der Waals surface area contributed by atoms with Gasteiger partial charge in [-0.2, -0.15) is 10.1 Å². The van der Waals surface area contributed by atoms with Crippen LogP contribution in [-0.4, -0.2) is 32.4 Å². The van der Waals surface area contributed by atoms with Crippen LogP contribution in [-0.2, 0) is 17.6 Å². The van der Waals surface area contributed by atoms with Gasteiger partial charge in [0.15, 0.2) is 0 Å². The third-order valence-electron chi connectivity index (χ3n) is 5.33. The number of aromatic nitrogens is 4. The first kappa shape index (κ1) is 22.7. The van der Waals surface area contributed by atoms with Crippen molar-refractivity contribution in [3.05, 3.63) is 83.0 Å². The van der Waals surface area contributed by atoms with Crippen molar-refractivity contribution in [3.8, 4) is 17.1 Å². The first-order chi connectivity index (χ1) is 16.1. The normalized spacial score (nSPS) is 11.0. The molecule has 4 aromatic rings. The molecule has 0 saturated carbocycles. The van der Waals surface area contributed by atoms with Gasteiger partial charge < -0.3 is 9.84 Å². The third kappa shape index (κ3) is 6.29. The van der Waals surface area contributed by atoms with Crippen LogP contribution in [0.1, 0.15) is 36.4 Å². The maximum Gasteiger partial charge on any atom is 0.226 e. The van der Waals surface area contributed by atoms with E-state index in [0.717, 1.165) is 29.8 Å². The van der Waals surface area contributed by atoms with Gasteiger partial charge in [0.25, 0.3) is 0 Å². The predicted molar refractivity (Wildman–Crippen MR) is 127 cm³/mol. The number of benzene rings is 2. The number of rotatable bonds is 10.